The number of ether oxygens (including phenoxy) is 2. The Morgan fingerprint density at radius 2 is 2.00 bits per heavy atom. The average molecular weight is 270 g/mol. The number of nitrogens with zero attached hydrogens (tertiary/aromatic N) is 2. The lowest BCUT2D eigenvalue weighted by molar-refractivity contribution is 0.391. The quantitative estimate of drug-likeness (QED) is 0.927. The van der Waals surface area contributed by atoms with Crippen LogP contribution in [0.5, 0.6) is 17.5 Å². The minimum Gasteiger partial charge on any atom is -0.479 e. The summed E-state index contributed by atoms with van der Waals surface area (Å²) in [5, 5.41) is 0.00981. The molecule has 94 valence electrons. The van der Waals surface area contributed by atoms with Crippen molar-refractivity contribution in [3.05, 3.63) is 35.4 Å². The zero-order valence-corrected chi connectivity index (χ0v) is 10.1. The van der Waals surface area contributed by atoms with Crippen molar-refractivity contribution in [1.82, 2.24) is 9.97 Å². The van der Waals surface area contributed by atoms with E-state index in [1.54, 1.807) is 0 Å². The third-order valence-corrected chi connectivity index (χ3v) is 2.42. The molecule has 1 aromatic heterocycles. The Balaban J connectivity index is 2.31. The molecule has 7 heteroatoms. The topological polar surface area (TPSA) is 70.3 Å². The lowest BCUT2D eigenvalue weighted by atomic mass is 10.3. The predicted octanol–water partition coefficient (Wildman–Crippen LogP) is 2.65. The Bertz CT molecular complexity index is 580. The van der Waals surface area contributed by atoms with E-state index in [0.717, 1.165) is 6.07 Å². The molecular weight excluding hydrogens is 261 g/mol. The molecule has 18 heavy (non-hydrogen) atoms. The van der Waals surface area contributed by atoms with Gasteiger partial charge in [-0.15, -0.1) is 0 Å². The Hall–Kier alpha value is -2.08. The molecule has 0 aliphatic rings. The van der Waals surface area contributed by atoms with Crippen LogP contribution in [-0.4, -0.2) is 17.1 Å². The van der Waals surface area contributed by atoms with Crippen molar-refractivity contribution < 1.29 is 13.9 Å². The highest BCUT2D eigenvalue weighted by atomic mass is 35.5. The standard InChI is InChI=1S/C11H9ClFN3O2/c1-17-10-9(14)11(16-5-15-10)18-6-2-3-7(12)8(13)4-6/h2-5H,14H2,1H3. The summed E-state index contributed by atoms with van der Waals surface area (Å²) in [4.78, 5) is 7.64. The van der Waals surface area contributed by atoms with Gasteiger partial charge in [0.2, 0.25) is 11.8 Å². The van der Waals surface area contributed by atoms with E-state index in [2.05, 4.69) is 9.97 Å². The fourth-order valence-corrected chi connectivity index (χ4v) is 1.38. The number of aromatic nitrogens is 2. The smallest absolute Gasteiger partial charge is 0.249 e. The van der Waals surface area contributed by atoms with E-state index in [-0.39, 0.29) is 28.2 Å². The average Bonchev–Trinajstić information content (AvgIpc) is 2.36. The summed E-state index contributed by atoms with van der Waals surface area (Å²) < 4.78 is 23.5. The summed E-state index contributed by atoms with van der Waals surface area (Å²) in [5.41, 5.74) is 5.85. The molecule has 0 bridgehead atoms. The number of hydrogen-bond donors (Lipinski definition) is 1. The van der Waals surface area contributed by atoms with Gasteiger partial charge >= 0.3 is 0 Å². The second kappa shape index (κ2) is 5.05. The minimum absolute atomic E-state index is 0.00981. The molecule has 0 amide bonds. The molecule has 2 aromatic rings. The normalized spacial score (nSPS) is 10.2. The lowest BCUT2D eigenvalue weighted by Gasteiger charge is -2.09. The first-order valence-electron chi connectivity index (χ1n) is 4.89. The third kappa shape index (κ3) is 2.43. The molecule has 1 heterocycles. The van der Waals surface area contributed by atoms with Crippen LogP contribution in [0.4, 0.5) is 10.1 Å². The van der Waals surface area contributed by atoms with E-state index in [9.17, 15) is 4.39 Å². The van der Waals surface area contributed by atoms with Gasteiger partial charge in [0.05, 0.1) is 12.1 Å². The summed E-state index contributed by atoms with van der Waals surface area (Å²) in [7, 11) is 1.42. The van der Waals surface area contributed by atoms with Crippen LogP contribution in [-0.2, 0) is 0 Å². The van der Waals surface area contributed by atoms with Crippen molar-refractivity contribution in [2.24, 2.45) is 0 Å². The first kappa shape index (κ1) is 12.4. The zero-order valence-electron chi connectivity index (χ0n) is 9.35. The van der Waals surface area contributed by atoms with Crippen molar-refractivity contribution >= 4 is 17.3 Å². The van der Waals surface area contributed by atoms with Gasteiger partial charge < -0.3 is 15.2 Å². The maximum Gasteiger partial charge on any atom is 0.249 e. The first-order valence-corrected chi connectivity index (χ1v) is 5.27. The van der Waals surface area contributed by atoms with E-state index in [1.807, 2.05) is 0 Å². The summed E-state index contributed by atoms with van der Waals surface area (Å²) >= 11 is 5.56. The maximum absolute atomic E-state index is 13.2. The van der Waals surface area contributed by atoms with Gasteiger partial charge in [0.15, 0.2) is 5.69 Å². The van der Waals surface area contributed by atoms with Crippen LogP contribution >= 0.6 is 11.6 Å². The second-order valence-electron chi connectivity index (χ2n) is 3.28. The van der Waals surface area contributed by atoms with Crippen molar-refractivity contribution in [3.63, 3.8) is 0 Å². The number of anilines is 1. The molecule has 0 aliphatic carbocycles. The van der Waals surface area contributed by atoms with Crippen molar-refractivity contribution in [3.8, 4) is 17.5 Å². The van der Waals surface area contributed by atoms with Gasteiger partial charge in [-0.3, -0.25) is 0 Å². The summed E-state index contributed by atoms with van der Waals surface area (Å²) in [6.07, 6.45) is 1.23. The molecule has 0 fully saturated rings. The maximum atomic E-state index is 13.2. The first-order chi connectivity index (χ1) is 8.61. The number of nitrogens with two attached hydrogens (primary N) is 1. The van der Waals surface area contributed by atoms with Gasteiger partial charge in [-0.1, -0.05) is 11.6 Å². The highest BCUT2D eigenvalue weighted by Gasteiger charge is 2.11. The second-order valence-corrected chi connectivity index (χ2v) is 3.69. The van der Waals surface area contributed by atoms with Crippen LogP contribution in [0.3, 0.4) is 0 Å². The number of hydrogen-bond acceptors (Lipinski definition) is 5. The fraction of sp³-hybridized carbons (Fsp3) is 0.0909. The van der Waals surface area contributed by atoms with Crippen molar-refractivity contribution in [1.29, 1.82) is 0 Å². The summed E-state index contributed by atoms with van der Waals surface area (Å²) in [6.45, 7) is 0. The van der Waals surface area contributed by atoms with Gasteiger partial charge in [-0.2, -0.15) is 9.97 Å². The summed E-state index contributed by atoms with van der Waals surface area (Å²) in [5.74, 6) is -0.0869. The Labute approximate surface area is 107 Å². The van der Waals surface area contributed by atoms with Gasteiger partial charge in [-0.05, 0) is 12.1 Å². The number of benzene rings is 1. The van der Waals surface area contributed by atoms with Crippen LogP contribution < -0.4 is 15.2 Å². The minimum atomic E-state index is -0.589. The predicted molar refractivity (Wildman–Crippen MR) is 64.5 cm³/mol. The van der Waals surface area contributed by atoms with Gasteiger partial charge in [0.25, 0.3) is 0 Å². The van der Waals surface area contributed by atoms with Crippen LogP contribution in [0, 0.1) is 5.82 Å². The third-order valence-electron chi connectivity index (χ3n) is 2.11. The molecule has 0 saturated heterocycles. The fourth-order valence-electron chi connectivity index (χ4n) is 1.26. The molecule has 0 atom stereocenters. The van der Waals surface area contributed by atoms with Crippen LogP contribution in [0.25, 0.3) is 0 Å². The van der Waals surface area contributed by atoms with Crippen LogP contribution in [0.1, 0.15) is 0 Å². The molecule has 2 rings (SSSR count). The van der Waals surface area contributed by atoms with Crippen LogP contribution in [0.2, 0.25) is 5.02 Å². The zero-order chi connectivity index (χ0) is 13.1. The highest BCUT2D eigenvalue weighted by Crippen LogP contribution is 2.31. The molecule has 0 radical (unpaired) electrons. The van der Waals surface area contributed by atoms with E-state index < -0.39 is 5.82 Å². The molecule has 1 aromatic carbocycles. The lowest BCUT2D eigenvalue weighted by Crippen LogP contribution is -2.00. The monoisotopic (exact) mass is 269 g/mol. The van der Waals surface area contributed by atoms with Gasteiger partial charge in [-0.25, -0.2) is 4.39 Å². The Morgan fingerprint density at radius 3 is 2.67 bits per heavy atom. The molecule has 0 aliphatic heterocycles. The molecule has 0 saturated carbocycles. The largest absolute Gasteiger partial charge is 0.479 e. The molecule has 0 spiro atoms. The van der Waals surface area contributed by atoms with Crippen LogP contribution in [0.15, 0.2) is 24.5 Å². The van der Waals surface area contributed by atoms with E-state index in [1.165, 1.54) is 25.6 Å². The number of rotatable bonds is 3. The van der Waals surface area contributed by atoms with E-state index >= 15 is 0 Å². The van der Waals surface area contributed by atoms with E-state index in [0.29, 0.717) is 0 Å². The molecule has 2 N–H and O–H groups in total. The van der Waals surface area contributed by atoms with Crippen molar-refractivity contribution in [2.45, 2.75) is 0 Å². The van der Waals surface area contributed by atoms with E-state index in [4.69, 9.17) is 26.8 Å². The van der Waals surface area contributed by atoms with Gasteiger partial charge in [0, 0.05) is 6.07 Å². The molecule has 5 nitrogen and oxygen atoms in total. The SMILES string of the molecule is COc1ncnc(Oc2ccc(Cl)c(F)c2)c1N. The Morgan fingerprint density at radius 1 is 1.28 bits per heavy atom. The molecule has 0 unspecified atom stereocenters. The number of methoxy groups -OCH3 is 1. The Kier molecular flexibility index (Phi) is 3.47. The number of halogens is 2. The van der Waals surface area contributed by atoms with Crippen molar-refractivity contribution in [2.75, 3.05) is 12.8 Å². The molecular formula is C11H9ClFN3O2. The number of nitrogen functional groups attached to an aromatic ring is 1. The van der Waals surface area contributed by atoms with Gasteiger partial charge in [0.1, 0.15) is 17.9 Å². The highest BCUT2D eigenvalue weighted by molar-refractivity contribution is 6.30. The summed E-state index contributed by atoms with van der Waals surface area (Å²) in [6, 6.07) is 4.01.